The number of carbonyl (C=O) groups is 1. The molecule has 1 aromatic carbocycles. The van der Waals surface area contributed by atoms with E-state index in [0.29, 0.717) is 12.1 Å². The van der Waals surface area contributed by atoms with E-state index in [1.165, 1.54) is 69.9 Å². The number of carbonyl (C=O) groups excluding carboxylic acids is 1. The lowest BCUT2D eigenvalue weighted by Gasteiger charge is -2.12. The molecule has 182 valence electrons. The van der Waals surface area contributed by atoms with Gasteiger partial charge in [-0.3, -0.25) is 4.79 Å². The summed E-state index contributed by atoms with van der Waals surface area (Å²) in [6.07, 6.45) is 14.1. The Labute approximate surface area is 200 Å². The Morgan fingerprint density at radius 3 is 1.88 bits per heavy atom. The molecule has 32 heavy (non-hydrogen) atoms. The topological polar surface area (TPSA) is 87.3 Å². The van der Waals surface area contributed by atoms with Gasteiger partial charge in [-0.2, -0.15) is 0 Å². The molecular weight excluding hydrogens is 442 g/mol. The van der Waals surface area contributed by atoms with E-state index in [4.69, 9.17) is 12.2 Å². The fourth-order valence-corrected chi connectivity index (χ4v) is 4.88. The highest BCUT2D eigenvalue weighted by Gasteiger charge is 2.15. The molecule has 3 N–H and O–H groups in total. The van der Waals surface area contributed by atoms with Gasteiger partial charge < -0.3 is 10.6 Å². The Bertz CT molecular complexity index is 778. The van der Waals surface area contributed by atoms with Crippen LogP contribution in [0.15, 0.2) is 29.2 Å². The second kappa shape index (κ2) is 16.2. The maximum absolute atomic E-state index is 12.2. The van der Waals surface area contributed by atoms with E-state index in [9.17, 15) is 13.2 Å². The number of nitrogens with one attached hydrogen (secondary N) is 3. The minimum Gasteiger partial charge on any atom is -0.332 e. The van der Waals surface area contributed by atoms with Crippen LogP contribution in [0.3, 0.4) is 0 Å². The standard InChI is InChI=1S/C24H41N3O3S2/c1-4-5-6-7-8-9-10-11-12-13-14-15-23(28)26-24(31)25-21-16-18-22(19-17-21)32(29,30)27-20(2)3/h16-20,27H,4-15H2,1-3H3,(H2,25,26,28,31). The molecule has 1 amide bonds. The van der Waals surface area contributed by atoms with E-state index >= 15 is 0 Å². The second-order valence-electron chi connectivity index (χ2n) is 8.59. The predicted molar refractivity (Wildman–Crippen MR) is 137 cm³/mol. The fourth-order valence-electron chi connectivity index (χ4n) is 3.40. The minimum absolute atomic E-state index is 0.0984. The monoisotopic (exact) mass is 483 g/mol. The third-order valence-electron chi connectivity index (χ3n) is 5.07. The van der Waals surface area contributed by atoms with Crippen molar-refractivity contribution < 1.29 is 13.2 Å². The van der Waals surface area contributed by atoms with Crippen molar-refractivity contribution in [3.05, 3.63) is 24.3 Å². The molecule has 1 aromatic rings. The Hall–Kier alpha value is -1.51. The fraction of sp³-hybridized carbons (Fsp3) is 0.667. The number of hydrogen-bond acceptors (Lipinski definition) is 4. The lowest BCUT2D eigenvalue weighted by Crippen LogP contribution is -2.34. The molecule has 0 aromatic heterocycles. The molecule has 0 heterocycles. The summed E-state index contributed by atoms with van der Waals surface area (Å²) in [6, 6.07) is 6.07. The largest absolute Gasteiger partial charge is 0.332 e. The Morgan fingerprint density at radius 2 is 1.38 bits per heavy atom. The van der Waals surface area contributed by atoms with Gasteiger partial charge in [-0.1, -0.05) is 71.1 Å². The molecule has 0 atom stereocenters. The average Bonchev–Trinajstić information content (AvgIpc) is 2.71. The van der Waals surface area contributed by atoms with Crippen molar-refractivity contribution in [1.82, 2.24) is 10.0 Å². The van der Waals surface area contributed by atoms with Gasteiger partial charge in [-0.05, 0) is 56.8 Å². The van der Waals surface area contributed by atoms with E-state index in [2.05, 4.69) is 22.3 Å². The van der Waals surface area contributed by atoms with Crippen LogP contribution in [0.4, 0.5) is 5.69 Å². The summed E-state index contributed by atoms with van der Waals surface area (Å²) in [7, 11) is -3.53. The van der Waals surface area contributed by atoms with Crippen LogP contribution in [0, 0.1) is 0 Å². The first kappa shape index (κ1) is 28.5. The summed E-state index contributed by atoms with van der Waals surface area (Å²) in [5.41, 5.74) is 0.619. The van der Waals surface area contributed by atoms with Gasteiger partial charge in [0, 0.05) is 18.2 Å². The zero-order chi connectivity index (χ0) is 23.8. The Balaban J connectivity index is 2.18. The van der Waals surface area contributed by atoms with Gasteiger partial charge in [0.1, 0.15) is 0 Å². The molecule has 6 nitrogen and oxygen atoms in total. The summed E-state index contributed by atoms with van der Waals surface area (Å²) in [4.78, 5) is 12.2. The van der Waals surface area contributed by atoms with Crippen LogP contribution in [0.5, 0.6) is 0 Å². The number of anilines is 1. The van der Waals surface area contributed by atoms with Crippen LogP contribution in [-0.4, -0.2) is 25.5 Å². The summed E-state index contributed by atoms with van der Waals surface area (Å²) < 4.78 is 26.8. The van der Waals surface area contributed by atoms with Crippen molar-refractivity contribution >= 4 is 38.9 Å². The smallest absolute Gasteiger partial charge is 0.240 e. The van der Waals surface area contributed by atoms with Crippen LogP contribution in [0.1, 0.15) is 97.8 Å². The normalized spacial score (nSPS) is 11.5. The summed E-state index contributed by atoms with van der Waals surface area (Å²) in [5.74, 6) is -0.0984. The number of thiocarbonyl (C=S) groups is 1. The molecule has 0 bridgehead atoms. The van der Waals surface area contributed by atoms with Crippen molar-refractivity contribution in [1.29, 1.82) is 0 Å². The van der Waals surface area contributed by atoms with Crippen LogP contribution in [0.2, 0.25) is 0 Å². The van der Waals surface area contributed by atoms with Gasteiger partial charge >= 0.3 is 0 Å². The van der Waals surface area contributed by atoms with Crippen LogP contribution in [0.25, 0.3) is 0 Å². The number of rotatable bonds is 16. The first-order valence-electron chi connectivity index (χ1n) is 12.0. The average molecular weight is 484 g/mol. The predicted octanol–water partition coefficient (Wildman–Crippen LogP) is 5.89. The third-order valence-corrected chi connectivity index (χ3v) is 6.95. The molecule has 1 rings (SSSR count). The van der Waals surface area contributed by atoms with Crippen molar-refractivity contribution in [3.63, 3.8) is 0 Å². The first-order chi connectivity index (χ1) is 15.2. The molecular formula is C24H41N3O3S2. The third kappa shape index (κ3) is 13.1. The number of amides is 1. The summed E-state index contributed by atoms with van der Waals surface area (Å²) in [5, 5.41) is 5.82. The van der Waals surface area contributed by atoms with Crippen LogP contribution < -0.4 is 15.4 Å². The number of sulfonamides is 1. The lowest BCUT2D eigenvalue weighted by molar-refractivity contribution is -0.119. The number of hydrogen-bond donors (Lipinski definition) is 3. The molecule has 0 aliphatic rings. The SMILES string of the molecule is CCCCCCCCCCCCCC(=O)NC(=S)Nc1ccc(S(=O)(=O)NC(C)C)cc1. The van der Waals surface area contributed by atoms with Crippen molar-refractivity contribution in [2.45, 2.75) is 109 Å². The zero-order valence-electron chi connectivity index (χ0n) is 19.9. The van der Waals surface area contributed by atoms with Gasteiger partial charge in [-0.25, -0.2) is 13.1 Å². The van der Waals surface area contributed by atoms with E-state index in [1.54, 1.807) is 26.0 Å². The van der Waals surface area contributed by atoms with Gasteiger partial charge in [0.2, 0.25) is 15.9 Å². The highest BCUT2D eigenvalue weighted by atomic mass is 32.2. The van der Waals surface area contributed by atoms with E-state index in [1.807, 2.05) is 0 Å². The van der Waals surface area contributed by atoms with Crippen molar-refractivity contribution in [2.75, 3.05) is 5.32 Å². The maximum Gasteiger partial charge on any atom is 0.240 e. The van der Waals surface area contributed by atoms with E-state index < -0.39 is 10.0 Å². The van der Waals surface area contributed by atoms with E-state index in [-0.39, 0.29) is 22.0 Å². The summed E-state index contributed by atoms with van der Waals surface area (Å²) in [6.45, 7) is 5.78. The zero-order valence-corrected chi connectivity index (χ0v) is 21.5. The second-order valence-corrected chi connectivity index (χ2v) is 10.7. The van der Waals surface area contributed by atoms with Crippen LogP contribution in [-0.2, 0) is 14.8 Å². The van der Waals surface area contributed by atoms with E-state index in [0.717, 1.165) is 12.8 Å². The molecule has 0 saturated heterocycles. The van der Waals surface area contributed by atoms with Gasteiger partial charge in [0.05, 0.1) is 4.90 Å². The lowest BCUT2D eigenvalue weighted by atomic mass is 10.1. The highest BCUT2D eigenvalue weighted by Crippen LogP contribution is 2.15. The molecule has 0 aliphatic carbocycles. The van der Waals surface area contributed by atoms with Gasteiger partial charge in [0.15, 0.2) is 5.11 Å². The van der Waals surface area contributed by atoms with Crippen molar-refractivity contribution in [3.8, 4) is 0 Å². The minimum atomic E-state index is -3.53. The molecule has 0 radical (unpaired) electrons. The Kier molecular flexibility index (Phi) is 14.4. The number of unbranched alkanes of at least 4 members (excludes halogenated alkanes) is 10. The van der Waals surface area contributed by atoms with Gasteiger partial charge in [0.25, 0.3) is 0 Å². The molecule has 0 saturated carbocycles. The molecule has 0 aliphatic heterocycles. The van der Waals surface area contributed by atoms with Crippen LogP contribution >= 0.6 is 12.2 Å². The molecule has 0 fully saturated rings. The summed E-state index contributed by atoms with van der Waals surface area (Å²) >= 11 is 5.19. The molecule has 8 heteroatoms. The van der Waals surface area contributed by atoms with Crippen molar-refractivity contribution in [2.24, 2.45) is 0 Å². The van der Waals surface area contributed by atoms with Gasteiger partial charge in [-0.15, -0.1) is 0 Å². The number of benzene rings is 1. The first-order valence-corrected chi connectivity index (χ1v) is 13.9. The Morgan fingerprint density at radius 1 is 0.875 bits per heavy atom. The molecule has 0 spiro atoms. The maximum atomic E-state index is 12.2. The molecule has 0 unspecified atom stereocenters. The quantitative estimate of drug-likeness (QED) is 0.202. The highest BCUT2D eigenvalue weighted by molar-refractivity contribution is 7.89.